The number of nitrogens with zero attached hydrogens (tertiary/aromatic N) is 1. The first-order valence-electron chi connectivity index (χ1n) is 4.77. The largest absolute Gasteiger partial charge is 0.481 e. The van der Waals surface area contributed by atoms with E-state index in [9.17, 15) is 4.79 Å². The molecule has 82 valence electrons. The summed E-state index contributed by atoms with van der Waals surface area (Å²) in [4.78, 5) is 15.0. The molecule has 0 spiro atoms. The molecule has 1 unspecified atom stereocenters. The molecule has 1 aromatic heterocycles. The van der Waals surface area contributed by atoms with Crippen LogP contribution in [0.5, 0.6) is 0 Å². The van der Waals surface area contributed by atoms with Gasteiger partial charge in [0.25, 0.3) is 0 Å². The van der Waals surface area contributed by atoms with Crippen molar-refractivity contribution in [2.45, 2.75) is 26.8 Å². The van der Waals surface area contributed by atoms with E-state index in [1.807, 2.05) is 6.92 Å². The quantitative estimate of drug-likeness (QED) is 0.789. The van der Waals surface area contributed by atoms with Crippen molar-refractivity contribution in [3.63, 3.8) is 0 Å². The molecule has 3 N–H and O–H groups in total. The number of hydrogen-bond donors (Lipinski definition) is 2. The van der Waals surface area contributed by atoms with Crippen molar-refractivity contribution in [1.29, 1.82) is 0 Å². The van der Waals surface area contributed by atoms with Crippen LogP contribution >= 0.6 is 0 Å². The van der Waals surface area contributed by atoms with Crippen LogP contribution in [0.4, 0.5) is 0 Å². The van der Waals surface area contributed by atoms with E-state index in [0.29, 0.717) is 0 Å². The van der Waals surface area contributed by atoms with Crippen LogP contribution in [0.3, 0.4) is 0 Å². The van der Waals surface area contributed by atoms with Gasteiger partial charge in [0.05, 0.1) is 5.41 Å². The second-order valence-corrected chi connectivity index (χ2v) is 4.24. The van der Waals surface area contributed by atoms with E-state index in [-0.39, 0.29) is 0 Å². The summed E-state index contributed by atoms with van der Waals surface area (Å²) in [6.45, 7) is 5.12. The first kappa shape index (κ1) is 11.7. The lowest BCUT2D eigenvalue weighted by Crippen LogP contribution is -2.36. The minimum Gasteiger partial charge on any atom is -0.481 e. The Morgan fingerprint density at radius 2 is 2.20 bits per heavy atom. The Hall–Kier alpha value is -1.42. The number of hydrogen-bond acceptors (Lipinski definition) is 3. The lowest BCUT2D eigenvalue weighted by Gasteiger charge is -2.28. The normalized spacial score (nSPS) is 13.6. The monoisotopic (exact) mass is 208 g/mol. The molecule has 1 heterocycles. The maximum Gasteiger partial charge on any atom is 0.311 e. The number of aliphatic carboxylic acids is 1. The Bertz CT molecular complexity index is 375. The second-order valence-electron chi connectivity index (χ2n) is 4.24. The minimum atomic E-state index is -0.980. The summed E-state index contributed by atoms with van der Waals surface area (Å²) in [7, 11) is 0. The Morgan fingerprint density at radius 1 is 1.60 bits per heavy atom. The van der Waals surface area contributed by atoms with Gasteiger partial charge in [0.15, 0.2) is 0 Å². The summed E-state index contributed by atoms with van der Waals surface area (Å²) in [5.41, 5.74) is 6.73. The number of pyridine rings is 1. The smallest absolute Gasteiger partial charge is 0.311 e. The summed E-state index contributed by atoms with van der Waals surface area (Å²) < 4.78 is 0. The van der Waals surface area contributed by atoms with Gasteiger partial charge in [0.2, 0.25) is 0 Å². The molecule has 1 aromatic rings. The van der Waals surface area contributed by atoms with E-state index in [4.69, 9.17) is 10.8 Å². The van der Waals surface area contributed by atoms with Crippen LogP contribution in [0, 0.1) is 12.3 Å². The van der Waals surface area contributed by atoms with E-state index in [2.05, 4.69) is 4.98 Å². The molecular formula is C11H16N2O2. The molecule has 0 bridgehead atoms. The number of nitrogens with two attached hydrogens (primary N) is 1. The third-order valence-corrected chi connectivity index (χ3v) is 2.73. The fourth-order valence-corrected chi connectivity index (χ4v) is 1.35. The molecule has 0 aromatic carbocycles. The Kier molecular flexibility index (Phi) is 3.09. The van der Waals surface area contributed by atoms with Gasteiger partial charge in [0.1, 0.15) is 0 Å². The van der Waals surface area contributed by atoms with Gasteiger partial charge in [0, 0.05) is 18.4 Å². The molecule has 4 heteroatoms. The van der Waals surface area contributed by atoms with E-state index >= 15 is 0 Å². The van der Waals surface area contributed by atoms with Crippen molar-refractivity contribution >= 4 is 5.97 Å². The maximum atomic E-state index is 11.1. The van der Waals surface area contributed by atoms with E-state index in [1.54, 1.807) is 32.3 Å². The highest BCUT2D eigenvalue weighted by Gasteiger charge is 2.35. The Morgan fingerprint density at radius 3 is 2.67 bits per heavy atom. The standard InChI is InChI=1S/C11H16N2O2/c1-7-6-13-5-4-8(7)9(12)11(2,3)10(14)15/h4-6,9H,12H2,1-3H3,(H,14,15). The molecule has 0 fully saturated rings. The van der Waals surface area contributed by atoms with Crippen LogP contribution < -0.4 is 5.73 Å². The lowest BCUT2D eigenvalue weighted by atomic mass is 9.80. The van der Waals surface area contributed by atoms with Gasteiger partial charge in [-0.1, -0.05) is 0 Å². The van der Waals surface area contributed by atoms with Crippen LogP contribution in [0.25, 0.3) is 0 Å². The molecular weight excluding hydrogens is 192 g/mol. The highest BCUT2D eigenvalue weighted by atomic mass is 16.4. The molecule has 0 aliphatic carbocycles. The summed E-state index contributed by atoms with van der Waals surface area (Å²) >= 11 is 0. The lowest BCUT2D eigenvalue weighted by molar-refractivity contribution is -0.148. The number of rotatable bonds is 3. The SMILES string of the molecule is Cc1cnccc1C(N)C(C)(C)C(=O)O. The zero-order valence-electron chi connectivity index (χ0n) is 9.19. The van der Waals surface area contributed by atoms with Crippen LogP contribution in [0.15, 0.2) is 18.5 Å². The highest BCUT2D eigenvalue weighted by molar-refractivity contribution is 5.75. The predicted molar refractivity (Wildman–Crippen MR) is 57.3 cm³/mol. The van der Waals surface area contributed by atoms with Gasteiger partial charge < -0.3 is 10.8 Å². The van der Waals surface area contributed by atoms with Crippen molar-refractivity contribution in [3.05, 3.63) is 29.6 Å². The van der Waals surface area contributed by atoms with Crippen molar-refractivity contribution < 1.29 is 9.90 Å². The fourth-order valence-electron chi connectivity index (χ4n) is 1.35. The van der Waals surface area contributed by atoms with Crippen molar-refractivity contribution in [1.82, 2.24) is 4.98 Å². The molecule has 0 aliphatic rings. The average molecular weight is 208 g/mol. The van der Waals surface area contributed by atoms with Gasteiger partial charge in [-0.05, 0) is 38.0 Å². The van der Waals surface area contributed by atoms with E-state index in [0.717, 1.165) is 11.1 Å². The van der Waals surface area contributed by atoms with Crippen molar-refractivity contribution in [2.24, 2.45) is 11.1 Å². The first-order chi connectivity index (χ1) is 6.87. The number of aryl methyl sites for hydroxylation is 1. The molecule has 15 heavy (non-hydrogen) atoms. The van der Waals surface area contributed by atoms with Gasteiger partial charge in [-0.3, -0.25) is 9.78 Å². The Balaban J connectivity index is 3.10. The third-order valence-electron chi connectivity index (χ3n) is 2.73. The summed E-state index contributed by atoms with van der Waals surface area (Å²) in [5, 5.41) is 9.07. The Labute approximate surface area is 89.1 Å². The van der Waals surface area contributed by atoms with Crippen LogP contribution in [-0.2, 0) is 4.79 Å². The number of carboxylic acids is 1. The average Bonchev–Trinajstić information content (AvgIpc) is 2.17. The van der Waals surface area contributed by atoms with Gasteiger partial charge in [-0.15, -0.1) is 0 Å². The molecule has 0 amide bonds. The topological polar surface area (TPSA) is 76.2 Å². The number of aromatic nitrogens is 1. The maximum absolute atomic E-state index is 11.1. The summed E-state index contributed by atoms with van der Waals surface area (Å²) in [6, 6.07) is 1.24. The van der Waals surface area contributed by atoms with Gasteiger partial charge in [-0.25, -0.2) is 0 Å². The second kappa shape index (κ2) is 3.98. The number of carbonyl (C=O) groups is 1. The third kappa shape index (κ3) is 2.15. The highest BCUT2D eigenvalue weighted by Crippen LogP contribution is 2.32. The van der Waals surface area contributed by atoms with Crippen LogP contribution in [0.2, 0.25) is 0 Å². The number of carboxylic acid groups (broad SMARTS) is 1. The molecule has 4 nitrogen and oxygen atoms in total. The zero-order valence-corrected chi connectivity index (χ0v) is 9.19. The summed E-state index contributed by atoms with van der Waals surface area (Å²) in [6.07, 6.45) is 3.31. The first-order valence-corrected chi connectivity index (χ1v) is 4.77. The van der Waals surface area contributed by atoms with Crippen LogP contribution in [-0.4, -0.2) is 16.1 Å². The minimum absolute atomic E-state index is 0.530. The van der Waals surface area contributed by atoms with E-state index < -0.39 is 17.4 Å². The molecule has 0 radical (unpaired) electrons. The molecule has 0 saturated carbocycles. The summed E-state index contributed by atoms with van der Waals surface area (Å²) in [5.74, 6) is -0.897. The van der Waals surface area contributed by atoms with Gasteiger partial charge in [-0.2, -0.15) is 0 Å². The fraction of sp³-hybridized carbons (Fsp3) is 0.455. The van der Waals surface area contributed by atoms with E-state index in [1.165, 1.54) is 0 Å². The van der Waals surface area contributed by atoms with Crippen molar-refractivity contribution in [3.8, 4) is 0 Å². The molecule has 0 aliphatic heterocycles. The van der Waals surface area contributed by atoms with Crippen LogP contribution in [0.1, 0.15) is 31.0 Å². The zero-order chi connectivity index (χ0) is 11.6. The molecule has 1 atom stereocenters. The van der Waals surface area contributed by atoms with Gasteiger partial charge >= 0.3 is 5.97 Å². The predicted octanol–water partition coefficient (Wildman–Crippen LogP) is 1.50. The van der Waals surface area contributed by atoms with Crippen molar-refractivity contribution in [2.75, 3.05) is 0 Å². The molecule has 0 saturated heterocycles. The molecule has 1 rings (SSSR count).